The lowest BCUT2D eigenvalue weighted by Gasteiger charge is -2.05. The van der Waals surface area contributed by atoms with Crippen molar-refractivity contribution in [2.45, 2.75) is 12.8 Å². The van der Waals surface area contributed by atoms with Crippen molar-refractivity contribution in [1.82, 2.24) is 0 Å². The number of methoxy groups -OCH3 is 1. The molecule has 97 valence electrons. The van der Waals surface area contributed by atoms with Gasteiger partial charge < -0.3 is 9.47 Å². The molecule has 2 rings (SSSR count). The maximum atomic E-state index is 11.7. The second-order valence-corrected chi connectivity index (χ2v) is 4.04. The number of carbonyl (C=O) groups is 1. The van der Waals surface area contributed by atoms with Crippen molar-refractivity contribution >= 4 is 5.97 Å². The maximum absolute atomic E-state index is 11.7. The first-order chi connectivity index (χ1) is 9.28. The van der Waals surface area contributed by atoms with E-state index in [-0.39, 0.29) is 5.97 Å². The van der Waals surface area contributed by atoms with Crippen molar-refractivity contribution in [3.63, 3.8) is 0 Å². The van der Waals surface area contributed by atoms with E-state index in [1.54, 1.807) is 31.4 Å². The van der Waals surface area contributed by atoms with Gasteiger partial charge in [0.25, 0.3) is 0 Å². The normalized spacial score (nSPS) is 9.95. The molecule has 0 unspecified atom stereocenters. The molecule has 0 heterocycles. The van der Waals surface area contributed by atoms with Crippen LogP contribution in [-0.2, 0) is 11.2 Å². The molecule has 1 radical (unpaired) electrons. The molecular weight excluding hydrogens is 240 g/mol. The van der Waals surface area contributed by atoms with Gasteiger partial charge in [0.1, 0.15) is 11.5 Å². The highest BCUT2D eigenvalue weighted by Crippen LogP contribution is 2.17. The van der Waals surface area contributed by atoms with Gasteiger partial charge >= 0.3 is 5.97 Å². The zero-order chi connectivity index (χ0) is 13.5. The molecular formula is C16H15O3. The molecule has 3 nitrogen and oxygen atoms in total. The summed E-state index contributed by atoms with van der Waals surface area (Å²) in [6.45, 7) is 0. The van der Waals surface area contributed by atoms with Crippen LogP contribution in [0.1, 0.15) is 12.0 Å². The number of benzene rings is 2. The maximum Gasteiger partial charge on any atom is 0.311 e. The molecule has 0 saturated carbocycles. The zero-order valence-corrected chi connectivity index (χ0v) is 10.8. The van der Waals surface area contributed by atoms with Crippen molar-refractivity contribution in [2.75, 3.05) is 7.11 Å². The molecule has 2 aromatic rings. The van der Waals surface area contributed by atoms with E-state index >= 15 is 0 Å². The third-order valence-electron chi connectivity index (χ3n) is 2.66. The zero-order valence-electron chi connectivity index (χ0n) is 10.8. The lowest BCUT2D eigenvalue weighted by Crippen LogP contribution is -2.08. The van der Waals surface area contributed by atoms with Crippen LogP contribution in [0.3, 0.4) is 0 Å². The average Bonchev–Trinajstić information content (AvgIpc) is 2.47. The van der Waals surface area contributed by atoms with Crippen molar-refractivity contribution in [3.05, 3.63) is 60.2 Å². The smallest absolute Gasteiger partial charge is 0.311 e. The lowest BCUT2D eigenvalue weighted by molar-refractivity contribution is -0.134. The van der Waals surface area contributed by atoms with Crippen LogP contribution < -0.4 is 9.47 Å². The molecule has 19 heavy (non-hydrogen) atoms. The highest BCUT2D eigenvalue weighted by atomic mass is 16.5. The Morgan fingerprint density at radius 3 is 2.47 bits per heavy atom. The minimum absolute atomic E-state index is 0.248. The van der Waals surface area contributed by atoms with Crippen LogP contribution >= 0.6 is 0 Å². The Balaban J connectivity index is 1.83. The van der Waals surface area contributed by atoms with E-state index in [2.05, 4.69) is 6.07 Å². The monoisotopic (exact) mass is 255 g/mol. The minimum atomic E-state index is -0.248. The number of ether oxygens (including phenoxy) is 2. The third-order valence-corrected chi connectivity index (χ3v) is 2.66. The summed E-state index contributed by atoms with van der Waals surface area (Å²) in [7, 11) is 1.59. The van der Waals surface area contributed by atoms with Gasteiger partial charge in [-0.15, -0.1) is 0 Å². The van der Waals surface area contributed by atoms with E-state index in [1.807, 2.05) is 24.3 Å². The van der Waals surface area contributed by atoms with Crippen LogP contribution in [0.5, 0.6) is 11.5 Å². The summed E-state index contributed by atoms with van der Waals surface area (Å²) in [6.07, 6.45) is 0.975. The molecule has 0 fully saturated rings. The second-order valence-electron chi connectivity index (χ2n) is 4.04. The molecule has 0 aromatic heterocycles. The Bertz CT molecular complexity index is 517. The first-order valence-electron chi connectivity index (χ1n) is 6.08. The molecule has 0 N–H and O–H groups in total. The summed E-state index contributed by atoms with van der Waals surface area (Å²) in [5.41, 5.74) is 1.01. The first kappa shape index (κ1) is 13.1. The van der Waals surface area contributed by atoms with Gasteiger partial charge in [-0.05, 0) is 42.3 Å². The molecule has 0 amide bonds. The standard InChI is InChI=1S/C16H15O3/c1-18-14-8-10-15(11-9-14)19-16(17)12-7-13-5-3-2-4-6-13/h2-5,8-11H,7,12H2,1H3. The number of hydrogen-bond acceptors (Lipinski definition) is 3. The van der Waals surface area contributed by atoms with Gasteiger partial charge in [-0.3, -0.25) is 4.79 Å². The van der Waals surface area contributed by atoms with Gasteiger partial charge in [-0.25, -0.2) is 0 Å². The number of hydrogen-bond donors (Lipinski definition) is 0. The fourth-order valence-corrected chi connectivity index (χ4v) is 1.65. The van der Waals surface area contributed by atoms with E-state index in [4.69, 9.17) is 9.47 Å². The Morgan fingerprint density at radius 2 is 1.84 bits per heavy atom. The highest BCUT2D eigenvalue weighted by molar-refractivity contribution is 5.72. The van der Waals surface area contributed by atoms with Gasteiger partial charge in [-0.2, -0.15) is 0 Å². The Kier molecular flexibility index (Phi) is 4.56. The van der Waals surface area contributed by atoms with Crippen molar-refractivity contribution in [2.24, 2.45) is 0 Å². The minimum Gasteiger partial charge on any atom is -0.497 e. The molecule has 0 atom stereocenters. The molecule has 0 aliphatic heterocycles. The fourth-order valence-electron chi connectivity index (χ4n) is 1.65. The Labute approximate surface area is 112 Å². The fraction of sp³-hybridized carbons (Fsp3) is 0.188. The van der Waals surface area contributed by atoms with Crippen LogP contribution in [0.25, 0.3) is 0 Å². The number of carbonyl (C=O) groups excluding carboxylic acids is 1. The van der Waals surface area contributed by atoms with Gasteiger partial charge in [0.15, 0.2) is 0 Å². The van der Waals surface area contributed by atoms with E-state index in [0.29, 0.717) is 18.6 Å². The van der Waals surface area contributed by atoms with Crippen LogP contribution in [0.15, 0.2) is 48.5 Å². The Morgan fingerprint density at radius 1 is 1.11 bits per heavy atom. The van der Waals surface area contributed by atoms with Gasteiger partial charge in [0, 0.05) is 0 Å². The van der Waals surface area contributed by atoms with E-state index in [0.717, 1.165) is 11.3 Å². The molecule has 0 aliphatic rings. The van der Waals surface area contributed by atoms with Crippen LogP contribution in [0.4, 0.5) is 0 Å². The van der Waals surface area contributed by atoms with E-state index in [1.165, 1.54) is 0 Å². The highest BCUT2D eigenvalue weighted by Gasteiger charge is 2.05. The van der Waals surface area contributed by atoms with Crippen molar-refractivity contribution < 1.29 is 14.3 Å². The number of rotatable bonds is 5. The average molecular weight is 255 g/mol. The van der Waals surface area contributed by atoms with Crippen LogP contribution in [0, 0.1) is 6.07 Å². The SMILES string of the molecule is COc1ccc(OC(=O)CCc2[c]cccc2)cc1. The van der Waals surface area contributed by atoms with Crippen molar-refractivity contribution in [1.29, 1.82) is 0 Å². The third kappa shape index (κ3) is 4.14. The molecule has 2 aromatic carbocycles. The summed E-state index contributed by atoms with van der Waals surface area (Å²) in [4.78, 5) is 11.7. The van der Waals surface area contributed by atoms with Gasteiger partial charge in [0.2, 0.25) is 0 Å². The Hall–Kier alpha value is -2.29. The summed E-state index contributed by atoms with van der Waals surface area (Å²) >= 11 is 0. The lowest BCUT2D eigenvalue weighted by atomic mass is 10.1. The largest absolute Gasteiger partial charge is 0.497 e. The number of aryl methyl sites for hydroxylation is 1. The summed E-state index contributed by atoms with van der Waals surface area (Å²) in [6, 6.07) is 17.6. The van der Waals surface area contributed by atoms with Crippen molar-refractivity contribution in [3.8, 4) is 11.5 Å². The van der Waals surface area contributed by atoms with E-state index < -0.39 is 0 Å². The summed E-state index contributed by atoms with van der Waals surface area (Å²) in [5.74, 6) is 1.02. The predicted octanol–water partition coefficient (Wildman–Crippen LogP) is 3.03. The first-order valence-corrected chi connectivity index (χ1v) is 6.08. The number of esters is 1. The van der Waals surface area contributed by atoms with Crippen LogP contribution in [0.2, 0.25) is 0 Å². The second kappa shape index (κ2) is 6.59. The molecule has 0 bridgehead atoms. The predicted molar refractivity (Wildman–Crippen MR) is 72.2 cm³/mol. The molecule has 0 aliphatic carbocycles. The molecule has 3 heteroatoms. The van der Waals surface area contributed by atoms with Gasteiger partial charge in [-0.1, -0.05) is 24.3 Å². The quantitative estimate of drug-likeness (QED) is 0.608. The van der Waals surface area contributed by atoms with Gasteiger partial charge in [0.05, 0.1) is 13.5 Å². The van der Waals surface area contributed by atoms with Crippen LogP contribution in [-0.4, -0.2) is 13.1 Å². The summed E-state index contributed by atoms with van der Waals surface area (Å²) < 4.78 is 10.3. The topological polar surface area (TPSA) is 35.5 Å². The molecule has 0 spiro atoms. The summed E-state index contributed by atoms with van der Waals surface area (Å²) in [5, 5.41) is 0. The van der Waals surface area contributed by atoms with E-state index in [9.17, 15) is 4.79 Å². The molecule has 0 saturated heterocycles.